The lowest BCUT2D eigenvalue weighted by molar-refractivity contribution is -0.127. The molecule has 1 aliphatic rings. The van der Waals surface area contributed by atoms with Gasteiger partial charge in [-0.1, -0.05) is 24.3 Å². The van der Waals surface area contributed by atoms with Gasteiger partial charge < -0.3 is 9.80 Å². The van der Waals surface area contributed by atoms with Crippen LogP contribution in [0.15, 0.2) is 24.3 Å². The number of likely N-dealkylation sites (tertiary alicyclic amines) is 1. The second-order valence-corrected chi connectivity index (χ2v) is 7.56. The van der Waals surface area contributed by atoms with Gasteiger partial charge in [-0.15, -0.1) is 0 Å². The van der Waals surface area contributed by atoms with Crippen LogP contribution in [-0.4, -0.2) is 60.9 Å². The van der Waals surface area contributed by atoms with Crippen molar-refractivity contribution in [1.82, 2.24) is 9.80 Å². The average Bonchev–Trinajstić information content (AvgIpc) is 2.54. The Morgan fingerprint density at radius 1 is 1.39 bits per heavy atom. The van der Waals surface area contributed by atoms with E-state index in [9.17, 15) is 4.79 Å². The predicted molar refractivity (Wildman–Crippen MR) is 100 cm³/mol. The van der Waals surface area contributed by atoms with Crippen molar-refractivity contribution in [3.63, 3.8) is 0 Å². The molecule has 1 aromatic carbocycles. The lowest BCUT2D eigenvalue weighted by Gasteiger charge is -2.34. The molecular formula is C19H30N2OS. The summed E-state index contributed by atoms with van der Waals surface area (Å²) >= 11 is 1.61. The molecular weight excluding hydrogens is 304 g/mol. The topological polar surface area (TPSA) is 23.6 Å². The summed E-state index contributed by atoms with van der Waals surface area (Å²) in [5.74, 6) is 1.48. The summed E-state index contributed by atoms with van der Waals surface area (Å²) in [6, 6.07) is 8.68. The maximum atomic E-state index is 11.9. The number of hydrogen-bond donors (Lipinski definition) is 0. The molecule has 1 amide bonds. The monoisotopic (exact) mass is 334 g/mol. The summed E-state index contributed by atoms with van der Waals surface area (Å²) in [7, 11) is 1.95. The zero-order valence-electron chi connectivity index (χ0n) is 14.8. The van der Waals surface area contributed by atoms with Gasteiger partial charge in [0.2, 0.25) is 5.91 Å². The molecule has 23 heavy (non-hydrogen) atoms. The van der Waals surface area contributed by atoms with Crippen molar-refractivity contribution in [3.05, 3.63) is 35.4 Å². The van der Waals surface area contributed by atoms with Crippen LogP contribution in [0.2, 0.25) is 0 Å². The number of aryl methyl sites for hydroxylation is 1. The number of carbonyl (C=O) groups excluding carboxylic acids is 1. The van der Waals surface area contributed by atoms with Gasteiger partial charge in [-0.25, -0.2) is 0 Å². The van der Waals surface area contributed by atoms with Gasteiger partial charge in [-0.3, -0.25) is 4.79 Å². The molecule has 0 saturated carbocycles. The van der Waals surface area contributed by atoms with Crippen LogP contribution in [0.4, 0.5) is 0 Å². The lowest BCUT2D eigenvalue weighted by Crippen LogP contribution is -2.42. The summed E-state index contributed by atoms with van der Waals surface area (Å²) in [6.07, 6.45) is 5.61. The molecule has 3 nitrogen and oxygen atoms in total. The molecule has 0 spiro atoms. The number of carbonyl (C=O) groups is 1. The smallest absolute Gasteiger partial charge is 0.232 e. The number of thioether (sulfide) groups is 1. The molecule has 0 aromatic heterocycles. The van der Waals surface area contributed by atoms with E-state index in [1.165, 1.54) is 30.5 Å². The Kier molecular flexibility index (Phi) is 7.44. The number of nitrogens with zero attached hydrogens (tertiary/aromatic N) is 2. The van der Waals surface area contributed by atoms with Crippen LogP contribution < -0.4 is 0 Å². The third-order valence-corrected chi connectivity index (χ3v) is 5.32. The van der Waals surface area contributed by atoms with E-state index in [1.54, 1.807) is 11.8 Å². The number of hydrogen-bond acceptors (Lipinski definition) is 3. The van der Waals surface area contributed by atoms with Crippen molar-refractivity contribution >= 4 is 17.7 Å². The van der Waals surface area contributed by atoms with Crippen LogP contribution in [0, 0.1) is 12.8 Å². The standard InChI is InChI=1S/C19H30N2OS/c1-16-7-4-5-9-18(16)10-12-21-11-6-8-17(14-21)13-20(2)19(22)15-23-3/h4-5,7,9,17H,6,8,10-15H2,1-3H3/t17-/m0/s1. The summed E-state index contributed by atoms with van der Waals surface area (Å²) in [4.78, 5) is 16.4. The van der Waals surface area contributed by atoms with E-state index >= 15 is 0 Å². The molecule has 0 radical (unpaired) electrons. The Morgan fingerprint density at radius 3 is 2.91 bits per heavy atom. The molecule has 1 aliphatic heterocycles. The Bertz CT molecular complexity index is 506. The molecule has 1 aromatic rings. The fourth-order valence-corrected chi connectivity index (χ4v) is 3.86. The third kappa shape index (κ3) is 5.85. The zero-order valence-corrected chi connectivity index (χ0v) is 15.6. The van der Waals surface area contributed by atoms with Crippen molar-refractivity contribution in [2.24, 2.45) is 5.92 Å². The van der Waals surface area contributed by atoms with Gasteiger partial charge in [0.05, 0.1) is 5.75 Å². The molecule has 1 atom stereocenters. The van der Waals surface area contributed by atoms with E-state index in [0.717, 1.165) is 26.1 Å². The number of amides is 1. The largest absolute Gasteiger partial charge is 0.345 e. The van der Waals surface area contributed by atoms with Gasteiger partial charge >= 0.3 is 0 Å². The highest BCUT2D eigenvalue weighted by atomic mass is 32.2. The summed E-state index contributed by atoms with van der Waals surface area (Å²) in [5.41, 5.74) is 2.85. The molecule has 4 heteroatoms. The molecule has 0 unspecified atom stereocenters. The van der Waals surface area contributed by atoms with Crippen molar-refractivity contribution in [2.45, 2.75) is 26.2 Å². The van der Waals surface area contributed by atoms with Crippen LogP contribution in [0.1, 0.15) is 24.0 Å². The molecule has 2 rings (SSSR count). The Balaban J connectivity index is 1.79. The van der Waals surface area contributed by atoms with E-state index in [1.807, 2.05) is 18.2 Å². The van der Waals surface area contributed by atoms with Crippen LogP contribution in [0.25, 0.3) is 0 Å². The van der Waals surface area contributed by atoms with Crippen molar-refractivity contribution < 1.29 is 4.79 Å². The highest BCUT2D eigenvalue weighted by molar-refractivity contribution is 7.99. The van der Waals surface area contributed by atoms with Gasteiger partial charge in [-0.05, 0) is 56.0 Å². The molecule has 1 saturated heterocycles. The van der Waals surface area contributed by atoms with E-state index < -0.39 is 0 Å². The van der Waals surface area contributed by atoms with E-state index in [2.05, 4.69) is 36.1 Å². The Labute approximate surface area is 145 Å². The number of piperidine rings is 1. The number of benzene rings is 1. The third-order valence-electron chi connectivity index (χ3n) is 4.79. The van der Waals surface area contributed by atoms with E-state index in [-0.39, 0.29) is 5.91 Å². The molecule has 0 bridgehead atoms. The molecule has 1 fully saturated rings. The van der Waals surface area contributed by atoms with Gasteiger partial charge in [0, 0.05) is 26.7 Å². The minimum atomic E-state index is 0.259. The second-order valence-electron chi connectivity index (χ2n) is 6.69. The fraction of sp³-hybridized carbons (Fsp3) is 0.632. The lowest BCUT2D eigenvalue weighted by atomic mass is 9.96. The summed E-state index contributed by atoms with van der Waals surface area (Å²) in [6.45, 7) is 6.55. The minimum absolute atomic E-state index is 0.259. The first-order chi connectivity index (χ1) is 11.1. The summed E-state index contributed by atoms with van der Waals surface area (Å²) in [5, 5.41) is 0. The van der Waals surface area contributed by atoms with Crippen LogP contribution >= 0.6 is 11.8 Å². The van der Waals surface area contributed by atoms with E-state index in [4.69, 9.17) is 0 Å². The SMILES string of the molecule is CSCC(=O)N(C)C[C@@H]1CCCN(CCc2ccccc2C)C1. The Morgan fingerprint density at radius 2 is 2.17 bits per heavy atom. The average molecular weight is 335 g/mol. The zero-order chi connectivity index (χ0) is 16.7. The van der Waals surface area contributed by atoms with Gasteiger partial charge in [-0.2, -0.15) is 11.8 Å². The molecule has 0 aliphatic carbocycles. The maximum Gasteiger partial charge on any atom is 0.232 e. The fourth-order valence-electron chi connectivity index (χ4n) is 3.40. The van der Waals surface area contributed by atoms with Crippen molar-refractivity contribution in [1.29, 1.82) is 0 Å². The highest BCUT2D eigenvalue weighted by Crippen LogP contribution is 2.18. The van der Waals surface area contributed by atoms with Crippen LogP contribution in [0.3, 0.4) is 0 Å². The van der Waals surface area contributed by atoms with Gasteiger partial charge in [0.15, 0.2) is 0 Å². The first-order valence-corrected chi connectivity index (χ1v) is 9.99. The van der Waals surface area contributed by atoms with Crippen molar-refractivity contribution in [3.8, 4) is 0 Å². The van der Waals surface area contributed by atoms with Crippen LogP contribution in [0.5, 0.6) is 0 Å². The molecule has 128 valence electrons. The predicted octanol–water partition coefficient (Wildman–Crippen LogP) is 3.07. The normalized spacial score (nSPS) is 18.8. The van der Waals surface area contributed by atoms with Crippen LogP contribution in [-0.2, 0) is 11.2 Å². The van der Waals surface area contributed by atoms with Gasteiger partial charge in [0.25, 0.3) is 0 Å². The maximum absolute atomic E-state index is 11.9. The minimum Gasteiger partial charge on any atom is -0.345 e. The van der Waals surface area contributed by atoms with Crippen molar-refractivity contribution in [2.75, 3.05) is 45.2 Å². The quantitative estimate of drug-likeness (QED) is 0.766. The molecule has 0 N–H and O–H groups in total. The Hall–Kier alpha value is -1.00. The number of rotatable bonds is 7. The second kappa shape index (κ2) is 9.33. The summed E-state index contributed by atoms with van der Waals surface area (Å²) < 4.78 is 0. The van der Waals surface area contributed by atoms with Gasteiger partial charge in [0.1, 0.15) is 0 Å². The highest BCUT2D eigenvalue weighted by Gasteiger charge is 2.22. The van der Waals surface area contributed by atoms with E-state index in [0.29, 0.717) is 11.7 Å². The first kappa shape index (κ1) is 18.3. The first-order valence-electron chi connectivity index (χ1n) is 8.60. The molecule has 1 heterocycles.